The van der Waals surface area contributed by atoms with Crippen LogP contribution < -0.4 is 0 Å². The van der Waals surface area contributed by atoms with Gasteiger partial charge in [0.25, 0.3) is 0 Å². The van der Waals surface area contributed by atoms with E-state index >= 15 is 0 Å². The summed E-state index contributed by atoms with van der Waals surface area (Å²) in [6.45, 7) is 6.00. The molecular weight excluding hydrogens is 124 g/mol. The Morgan fingerprint density at radius 2 is 2.40 bits per heavy atom. The van der Waals surface area contributed by atoms with E-state index in [1.165, 1.54) is 12.8 Å². The molecule has 2 atom stereocenters. The van der Waals surface area contributed by atoms with Crippen molar-refractivity contribution in [3.8, 4) is 0 Å². The summed E-state index contributed by atoms with van der Waals surface area (Å²) >= 11 is 0. The van der Waals surface area contributed by atoms with Crippen LogP contribution in [0.15, 0.2) is 12.2 Å². The first-order valence-corrected chi connectivity index (χ1v) is 4.09. The summed E-state index contributed by atoms with van der Waals surface area (Å²) < 4.78 is 0. The maximum Gasteiger partial charge on any atom is 0.0750 e. The molecular formula is C9H16O. The van der Waals surface area contributed by atoms with E-state index in [1.54, 1.807) is 0 Å². The highest BCUT2D eigenvalue weighted by atomic mass is 16.3. The highest BCUT2D eigenvalue weighted by Crippen LogP contribution is 2.29. The third-order valence-electron chi connectivity index (χ3n) is 2.48. The molecule has 1 N–H and O–H groups in total. The summed E-state index contributed by atoms with van der Waals surface area (Å²) in [4.78, 5) is 0. The van der Waals surface area contributed by atoms with Crippen LogP contribution >= 0.6 is 0 Å². The lowest BCUT2D eigenvalue weighted by Gasteiger charge is -2.26. The summed E-state index contributed by atoms with van der Waals surface area (Å²) in [6, 6.07) is 0. The Hall–Kier alpha value is -0.300. The zero-order valence-electron chi connectivity index (χ0n) is 6.64. The number of aliphatic hydroxyl groups excluding tert-OH is 1. The molecule has 1 fully saturated rings. The molecule has 0 heterocycles. The van der Waals surface area contributed by atoms with E-state index in [1.807, 2.05) is 0 Å². The Kier molecular flexibility index (Phi) is 2.50. The first-order chi connectivity index (χ1) is 4.74. The second-order valence-corrected chi connectivity index (χ2v) is 3.22. The van der Waals surface area contributed by atoms with Gasteiger partial charge in [0.2, 0.25) is 0 Å². The zero-order chi connectivity index (χ0) is 7.56. The van der Waals surface area contributed by atoms with E-state index in [-0.39, 0.29) is 6.10 Å². The topological polar surface area (TPSA) is 20.2 Å². The summed E-state index contributed by atoms with van der Waals surface area (Å²) in [6.07, 6.45) is 4.19. The average molecular weight is 140 g/mol. The minimum Gasteiger partial charge on any atom is -0.389 e. The monoisotopic (exact) mass is 140 g/mol. The van der Waals surface area contributed by atoms with Crippen molar-refractivity contribution in [3.63, 3.8) is 0 Å². The molecule has 2 unspecified atom stereocenters. The van der Waals surface area contributed by atoms with Crippen molar-refractivity contribution in [2.75, 3.05) is 0 Å². The number of aliphatic hydroxyl groups is 1. The fourth-order valence-electron chi connectivity index (χ4n) is 1.53. The maximum absolute atomic E-state index is 9.38. The van der Waals surface area contributed by atoms with Gasteiger partial charge in [-0.1, -0.05) is 19.9 Å². The molecule has 10 heavy (non-hydrogen) atoms. The van der Waals surface area contributed by atoms with Gasteiger partial charge in [-0.25, -0.2) is 0 Å². The van der Waals surface area contributed by atoms with Crippen LogP contribution in [0.1, 0.15) is 32.6 Å². The van der Waals surface area contributed by atoms with Crippen LogP contribution in [-0.4, -0.2) is 11.2 Å². The standard InChI is InChI=1S/C9H16O/c1-3-8-5-4-7(2)9(10)6-8/h8-10H,2-6H2,1H3. The first-order valence-electron chi connectivity index (χ1n) is 4.09. The van der Waals surface area contributed by atoms with Gasteiger partial charge in [0.1, 0.15) is 0 Å². The molecule has 0 bridgehead atoms. The molecule has 0 amide bonds. The fraction of sp³-hybridized carbons (Fsp3) is 0.778. The second kappa shape index (κ2) is 3.20. The molecule has 1 aliphatic rings. The van der Waals surface area contributed by atoms with Gasteiger partial charge in [0.15, 0.2) is 0 Å². The molecule has 1 aliphatic carbocycles. The number of hydrogen-bond acceptors (Lipinski definition) is 1. The Labute approximate surface area is 62.8 Å². The highest BCUT2D eigenvalue weighted by molar-refractivity contribution is 5.05. The van der Waals surface area contributed by atoms with Crippen LogP contribution in [0.2, 0.25) is 0 Å². The molecule has 1 heteroatoms. The molecule has 0 spiro atoms. The van der Waals surface area contributed by atoms with Gasteiger partial charge in [-0.3, -0.25) is 0 Å². The smallest absolute Gasteiger partial charge is 0.0750 e. The largest absolute Gasteiger partial charge is 0.389 e. The van der Waals surface area contributed by atoms with Crippen molar-refractivity contribution in [3.05, 3.63) is 12.2 Å². The Bertz CT molecular complexity index is 129. The van der Waals surface area contributed by atoms with E-state index in [2.05, 4.69) is 13.5 Å². The van der Waals surface area contributed by atoms with Gasteiger partial charge < -0.3 is 5.11 Å². The summed E-state index contributed by atoms with van der Waals surface area (Å²) in [7, 11) is 0. The van der Waals surface area contributed by atoms with E-state index in [0.717, 1.165) is 24.3 Å². The molecule has 1 rings (SSSR count). The Balaban J connectivity index is 2.40. The van der Waals surface area contributed by atoms with E-state index in [4.69, 9.17) is 0 Å². The molecule has 0 saturated heterocycles. The van der Waals surface area contributed by atoms with Gasteiger partial charge in [-0.05, 0) is 30.8 Å². The minimum absolute atomic E-state index is 0.210. The normalized spacial score (nSPS) is 34.4. The van der Waals surface area contributed by atoms with Crippen molar-refractivity contribution >= 4 is 0 Å². The van der Waals surface area contributed by atoms with E-state index < -0.39 is 0 Å². The minimum atomic E-state index is -0.210. The number of hydrogen-bond donors (Lipinski definition) is 1. The van der Waals surface area contributed by atoms with Gasteiger partial charge in [0, 0.05) is 0 Å². The van der Waals surface area contributed by atoms with Gasteiger partial charge >= 0.3 is 0 Å². The van der Waals surface area contributed by atoms with Gasteiger partial charge in [-0.2, -0.15) is 0 Å². The zero-order valence-corrected chi connectivity index (χ0v) is 6.64. The van der Waals surface area contributed by atoms with Crippen LogP contribution in [0, 0.1) is 5.92 Å². The van der Waals surface area contributed by atoms with Gasteiger partial charge in [0.05, 0.1) is 6.10 Å². The van der Waals surface area contributed by atoms with Crippen LogP contribution in [0.3, 0.4) is 0 Å². The van der Waals surface area contributed by atoms with E-state index in [0.29, 0.717) is 0 Å². The van der Waals surface area contributed by atoms with Crippen LogP contribution in [0.25, 0.3) is 0 Å². The first kappa shape index (κ1) is 7.80. The van der Waals surface area contributed by atoms with Crippen LogP contribution in [-0.2, 0) is 0 Å². The van der Waals surface area contributed by atoms with Crippen molar-refractivity contribution in [1.82, 2.24) is 0 Å². The second-order valence-electron chi connectivity index (χ2n) is 3.22. The predicted octanol–water partition coefficient (Wildman–Crippen LogP) is 2.11. The van der Waals surface area contributed by atoms with Gasteiger partial charge in [-0.15, -0.1) is 0 Å². The molecule has 1 nitrogen and oxygen atoms in total. The molecule has 0 aromatic carbocycles. The van der Waals surface area contributed by atoms with Crippen molar-refractivity contribution in [2.24, 2.45) is 5.92 Å². The molecule has 0 aromatic rings. The third kappa shape index (κ3) is 1.60. The molecule has 0 aromatic heterocycles. The summed E-state index contributed by atoms with van der Waals surface area (Å²) in [5.41, 5.74) is 1.03. The fourth-order valence-corrected chi connectivity index (χ4v) is 1.53. The third-order valence-corrected chi connectivity index (χ3v) is 2.48. The summed E-state index contributed by atoms with van der Waals surface area (Å²) in [5.74, 6) is 0.737. The Morgan fingerprint density at radius 3 is 2.90 bits per heavy atom. The lowest BCUT2D eigenvalue weighted by Crippen LogP contribution is -2.21. The molecule has 58 valence electrons. The molecule has 1 saturated carbocycles. The number of rotatable bonds is 1. The highest BCUT2D eigenvalue weighted by Gasteiger charge is 2.20. The summed E-state index contributed by atoms with van der Waals surface area (Å²) in [5, 5.41) is 9.38. The lowest BCUT2D eigenvalue weighted by atomic mass is 9.83. The van der Waals surface area contributed by atoms with Crippen molar-refractivity contribution in [1.29, 1.82) is 0 Å². The van der Waals surface area contributed by atoms with Crippen LogP contribution in [0.4, 0.5) is 0 Å². The quantitative estimate of drug-likeness (QED) is 0.553. The predicted molar refractivity (Wildman–Crippen MR) is 42.8 cm³/mol. The SMILES string of the molecule is C=C1CCC(CC)CC1O. The van der Waals surface area contributed by atoms with Crippen molar-refractivity contribution < 1.29 is 5.11 Å². The van der Waals surface area contributed by atoms with Crippen molar-refractivity contribution in [2.45, 2.75) is 38.7 Å². The average Bonchev–Trinajstić information content (AvgIpc) is 1.95. The molecule has 0 aliphatic heterocycles. The maximum atomic E-state index is 9.38. The van der Waals surface area contributed by atoms with E-state index in [9.17, 15) is 5.11 Å². The Morgan fingerprint density at radius 1 is 1.70 bits per heavy atom. The van der Waals surface area contributed by atoms with Crippen LogP contribution in [0.5, 0.6) is 0 Å². The molecule has 0 radical (unpaired) electrons. The lowest BCUT2D eigenvalue weighted by molar-refractivity contribution is 0.147.